The van der Waals surface area contributed by atoms with Crippen LogP contribution in [0.15, 0.2) is 59.5 Å². The first-order valence-electron chi connectivity index (χ1n) is 8.88. The second kappa shape index (κ2) is 9.48. The number of nitrogens with zero attached hydrogens (tertiary/aromatic N) is 1. The van der Waals surface area contributed by atoms with Gasteiger partial charge >= 0.3 is 0 Å². The van der Waals surface area contributed by atoms with Gasteiger partial charge in [0.2, 0.25) is 15.9 Å². The summed E-state index contributed by atoms with van der Waals surface area (Å²) in [4.78, 5) is 24.3. The van der Waals surface area contributed by atoms with E-state index in [2.05, 4.69) is 10.6 Å². The lowest BCUT2D eigenvalue weighted by Gasteiger charge is -2.21. The molecule has 0 atom stereocenters. The number of benzene rings is 2. The normalized spacial score (nSPS) is 11.5. The van der Waals surface area contributed by atoms with Crippen LogP contribution in [0, 0.1) is 0 Å². The molecule has 8 heteroatoms. The van der Waals surface area contributed by atoms with Gasteiger partial charge < -0.3 is 10.6 Å². The molecule has 0 spiro atoms. The molecule has 2 aromatic rings. The summed E-state index contributed by atoms with van der Waals surface area (Å²) in [5.41, 5.74) is 1.13. The van der Waals surface area contributed by atoms with Gasteiger partial charge in [-0.3, -0.25) is 9.59 Å². The first-order chi connectivity index (χ1) is 13.2. The number of nitrogens with one attached hydrogen (secondary N) is 2. The minimum atomic E-state index is -3.69. The number of rotatable bonds is 8. The molecular weight excluding hydrogens is 378 g/mol. The van der Waals surface area contributed by atoms with E-state index in [0.29, 0.717) is 6.54 Å². The zero-order valence-electron chi connectivity index (χ0n) is 16.2. The maximum absolute atomic E-state index is 12.6. The number of carbonyl (C=O) groups excluding carboxylic acids is 2. The van der Waals surface area contributed by atoms with Crippen molar-refractivity contribution in [3.8, 4) is 0 Å². The molecule has 0 heterocycles. The van der Waals surface area contributed by atoms with Crippen LogP contribution < -0.4 is 10.6 Å². The third-order valence-corrected chi connectivity index (χ3v) is 6.27. The summed E-state index contributed by atoms with van der Waals surface area (Å²) >= 11 is 0. The Labute approximate surface area is 165 Å². The predicted octanol–water partition coefficient (Wildman–Crippen LogP) is 1.76. The summed E-state index contributed by atoms with van der Waals surface area (Å²) in [7, 11) is -2.20. The maximum atomic E-state index is 12.6. The second-order valence-corrected chi connectivity index (χ2v) is 8.59. The van der Waals surface area contributed by atoms with Gasteiger partial charge in [-0.1, -0.05) is 36.4 Å². The highest BCUT2D eigenvalue weighted by Gasteiger charge is 2.24. The van der Waals surface area contributed by atoms with Crippen molar-refractivity contribution in [1.29, 1.82) is 0 Å². The quantitative estimate of drug-likeness (QED) is 0.702. The van der Waals surface area contributed by atoms with E-state index in [4.69, 9.17) is 0 Å². The molecule has 0 aliphatic carbocycles. The van der Waals surface area contributed by atoms with Crippen molar-refractivity contribution in [2.75, 3.05) is 13.6 Å². The van der Waals surface area contributed by atoms with Crippen molar-refractivity contribution >= 4 is 21.8 Å². The minimum Gasteiger partial charge on any atom is -0.350 e. The standard InChI is InChI=1S/C20H25N3O4S/c1-15(2)23(3)28(26,27)18-11-7-10-17(12-18)20(25)22-14-19(24)21-13-16-8-5-4-6-9-16/h4-12,15H,13-14H2,1-3H3,(H,21,24)(H,22,25). The first-order valence-corrected chi connectivity index (χ1v) is 10.3. The van der Waals surface area contributed by atoms with Crippen molar-refractivity contribution in [1.82, 2.24) is 14.9 Å². The van der Waals surface area contributed by atoms with Gasteiger partial charge in [0.1, 0.15) is 0 Å². The highest BCUT2D eigenvalue weighted by Crippen LogP contribution is 2.17. The highest BCUT2D eigenvalue weighted by molar-refractivity contribution is 7.89. The maximum Gasteiger partial charge on any atom is 0.251 e. The van der Waals surface area contributed by atoms with Gasteiger partial charge in [0, 0.05) is 25.2 Å². The van der Waals surface area contributed by atoms with Crippen molar-refractivity contribution in [3.63, 3.8) is 0 Å². The number of sulfonamides is 1. The van der Waals surface area contributed by atoms with E-state index >= 15 is 0 Å². The van der Waals surface area contributed by atoms with Crippen molar-refractivity contribution in [2.45, 2.75) is 31.3 Å². The summed E-state index contributed by atoms with van der Waals surface area (Å²) in [6.45, 7) is 3.70. The monoisotopic (exact) mass is 403 g/mol. The smallest absolute Gasteiger partial charge is 0.251 e. The Kier molecular flexibility index (Phi) is 7.31. The highest BCUT2D eigenvalue weighted by atomic mass is 32.2. The van der Waals surface area contributed by atoms with E-state index in [1.165, 1.54) is 35.6 Å². The molecule has 7 nitrogen and oxygen atoms in total. The lowest BCUT2D eigenvalue weighted by Crippen LogP contribution is -2.36. The molecule has 2 N–H and O–H groups in total. The molecular formula is C20H25N3O4S. The summed E-state index contributed by atoms with van der Waals surface area (Å²) < 4.78 is 26.4. The fourth-order valence-electron chi connectivity index (χ4n) is 2.36. The fourth-order valence-corrected chi connectivity index (χ4v) is 3.78. The molecule has 0 aliphatic rings. The molecule has 28 heavy (non-hydrogen) atoms. The average Bonchev–Trinajstić information content (AvgIpc) is 2.70. The minimum absolute atomic E-state index is 0.0323. The lowest BCUT2D eigenvalue weighted by molar-refractivity contribution is -0.120. The molecule has 0 aromatic heterocycles. The van der Waals surface area contributed by atoms with E-state index in [0.717, 1.165) is 5.56 Å². The Morgan fingerprint density at radius 3 is 2.32 bits per heavy atom. The van der Waals surface area contributed by atoms with Crippen molar-refractivity contribution in [3.05, 3.63) is 65.7 Å². The van der Waals surface area contributed by atoms with E-state index in [1.807, 2.05) is 30.3 Å². The summed E-state index contributed by atoms with van der Waals surface area (Å²) in [5, 5.41) is 5.22. The van der Waals surface area contributed by atoms with Gasteiger partial charge in [-0.15, -0.1) is 0 Å². The largest absolute Gasteiger partial charge is 0.350 e. The molecule has 0 saturated carbocycles. The summed E-state index contributed by atoms with van der Waals surface area (Å²) in [5.74, 6) is -0.848. The Morgan fingerprint density at radius 1 is 1.00 bits per heavy atom. The molecule has 2 rings (SSSR count). The van der Waals surface area contributed by atoms with Crippen LogP contribution >= 0.6 is 0 Å². The molecule has 2 amide bonds. The molecule has 2 aromatic carbocycles. The number of carbonyl (C=O) groups is 2. The zero-order chi connectivity index (χ0) is 20.7. The predicted molar refractivity (Wildman–Crippen MR) is 107 cm³/mol. The van der Waals surface area contributed by atoms with Gasteiger partial charge in [-0.25, -0.2) is 8.42 Å². The number of amides is 2. The van der Waals surface area contributed by atoms with E-state index in [1.54, 1.807) is 13.8 Å². The van der Waals surface area contributed by atoms with Crippen LogP contribution in [0.25, 0.3) is 0 Å². The van der Waals surface area contributed by atoms with Crippen LogP contribution in [0.2, 0.25) is 0 Å². The van der Waals surface area contributed by atoms with Crippen LogP contribution in [0.1, 0.15) is 29.8 Å². The molecule has 0 radical (unpaired) electrons. The first kappa shape index (κ1) is 21.6. The van der Waals surface area contributed by atoms with Crippen molar-refractivity contribution < 1.29 is 18.0 Å². The molecule has 150 valence electrons. The van der Waals surface area contributed by atoms with Gasteiger partial charge in [-0.05, 0) is 37.6 Å². The zero-order valence-corrected chi connectivity index (χ0v) is 17.0. The van der Waals surface area contributed by atoms with Crippen molar-refractivity contribution in [2.24, 2.45) is 0 Å². The van der Waals surface area contributed by atoms with Crippen LogP contribution in [0.4, 0.5) is 0 Å². The third kappa shape index (κ3) is 5.64. The van der Waals surface area contributed by atoms with E-state index in [9.17, 15) is 18.0 Å². The van der Waals surface area contributed by atoms with Gasteiger partial charge in [-0.2, -0.15) is 4.31 Å². The van der Waals surface area contributed by atoms with Crippen LogP contribution in [0.3, 0.4) is 0 Å². The molecule has 0 bridgehead atoms. The molecule has 0 fully saturated rings. The molecule has 0 unspecified atom stereocenters. The molecule has 0 saturated heterocycles. The lowest BCUT2D eigenvalue weighted by atomic mass is 10.2. The van der Waals surface area contributed by atoms with E-state index < -0.39 is 15.9 Å². The Morgan fingerprint density at radius 2 is 1.68 bits per heavy atom. The SMILES string of the molecule is CC(C)N(C)S(=O)(=O)c1cccc(C(=O)NCC(=O)NCc2ccccc2)c1. The summed E-state index contributed by atoms with van der Waals surface area (Å²) in [6, 6.07) is 15.0. The second-order valence-electron chi connectivity index (χ2n) is 6.59. The van der Waals surface area contributed by atoms with Gasteiger partial charge in [0.15, 0.2) is 0 Å². The van der Waals surface area contributed by atoms with Gasteiger partial charge in [0.25, 0.3) is 5.91 Å². The topological polar surface area (TPSA) is 95.6 Å². The Balaban J connectivity index is 1.96. The Hall–Kier alpha value is -2.71. The number of hydrogen-bond donors (Lipinski definition) is 2. The summed E-state index contributed by atoms with van der Waals surface area (Å²) in [6.07, 6.45) is 0. The van der Waals surface area contributed by atoms with Gasteiger partial charge in [0.05, 0.1) is 11.4 Å². The Bertz CT molecular complexity index is 927. The van der Waals surface area contributed by atoms with Crippen LogP contribution in [0.5, 0.6) is 0 Å². The third-order valence-electron chi connectivity index (χ3n) is 4.24. The number of hydrogen-bond acceptors (Lipinski definition) is 4. The fraction of sp³-hybridized carbons (Fsp3) is 0.300. The molecule has 0 aliphatic heterocycles. The van der Waals surface area contributed by atoms with E-state index in [-0.39, 0.29) is 29.0 Å². The van der Waals surface area contributed by atoms with Crippen LogP contribution in [-0.4, -0.2) is 44.2 Å². The van der Waals surface area contributed by atoms with Crippen LogP contribution in [-0.2, 0) is 21.4 Å². The average molecular weight is 404 g/mol.